The summed E-state index contributed by atoms with van der Waals surface area (Å²) in [5.74, 6) is 0. The zero-order valence-corrected chi connectivity index (χ0v) is 6.88. The maximum atomic E-state index is 9.92. The van der Waals surface area contributed by atoms with Crippen molar-refractivity contribution in [3.63, 3.8) is 0 Å². The van der Waals surface area contributed by atoms with Gasteiger partial charge >= 0.3 is 0 Å². The number of hydrazine groups is 1. The molecule has 0 unspecified atom stereocenters. The molecule has 70 valence electrons. The van der Waals surface area contributed by atoms with E-state index in [1.807, 2.05) is 11.5 Å². The molecule has 0 fully saturated rings. The first kappa shape index (κ1) is 9.47. The van der Waals surface area contributed by atoms with Crippen LogP contribution in [0.1, 0.15) is 11.7 Å². The lowest BCUT2D eigenvalue weighted by molar-refractivity contribution is -0.545. The number of aliphatic hydroxyl groups is 1. The van der Waals surface area contributed by atoms with Gasteiger partial charge in [-0.1, -0.05) is 30.3 Å². The first-order chi connectivity index (χ1) is 6.20. The largest absolute Gasteiger partial charge is 0.386 e. The number of hydrogen-bond donors (Lipinski definition) is 2. The van der Waals surface area contributed by atoms with E-state index in [-0.39, 0.29) is 6.54 Å². The highest BCUT2D eigenvalue weighted by Gasteiger charge is 2.08. The van der Waals surface area contributed by atoms with Crippen molar-refractivity contribution in [2.75, 3.05) is 6.54 Å². The van der Waals surface area contributed by atoms with E-state index in [9.17, 15) is 15.2 Å². The number of hydrogen-bond acceptors (Lipinski definition) is 3. The molecule has 1 rings (SSSR count). The van der Waals surface area contributed by atoms with E-state index in [4.69, 9.17) is 0 Å². The Hall–Kier alpha value is -1.62. The highest BCUT2D eigenvalue weighted by molar-refractivity contribution is 5.17. The van der Waals surface area contributed by atoms with Crippen LogP contribution in [-0.4, -0.2) is 16.7 Å². The summed E-state index contributed by atoms with van der Waals surface area (Å²) in [6.07, 6.45) is -0.841. The van der Waals surface area contributed by atoms with Crippen LogP contribution in [0.3, 0.4) is 0 Å². The first-order valence-corrected chi connectivity index (χ1v) is 3.81. The van der Waals surface area contributed by atoms with Crippen molar-refractivity contribution < 1.29 is 10.1 Å². The van der Waals surface area contributed by atoms with Gasteiger partial charge in [-0.15, -0.1) is 5.43 Å². The summed E-state index contributed by atoms with van der Waals surface area (Å²) in [5, 5.41) is 18.6. The smallest absolute Gasteiger partial charge is 0.157 e. The molecule has 1 aromatic carbocycles. The normalized spacial score (nSPS) is 12.1. The third-order valence-corrected chi connectivity index (χ3v) is 1.60. The highest BCUT2D eigenvalue weighted by atomic mass is 16.7. The first-order valence-electron chi connectivity index (χ1n) is 3.81. The molecule has 13 heavy (non-hydrogen) atoms. The Morgan fingerprint density at radius 2 is 2.08 bits per heavy atom. The van der Waals surface area contributed by atoms with Gasteiger partial charge in [0.05, 0.1) is 0 Å². The molecule has 1 atom stereocenters. The molecule has 0 aliphatic heterocycles. The Labute approximate surface area is 75.1 Å². The maximum absolute atomic E-state index is 9.92. The Kier molecular flexibility index (Phi) is 3.22. The third-order valence-electron chi connectivity index (χ3n) is 1.60. The molecular formula is C8H10N2O3. The Balaban J connectivity index is 2.49. The standard InChI is InChI=1S/C8H10N2O3/c11-8(6-9-10(12)13)7-4-2-1-3-5-7/h1-5,8-9,11H,6H2/t8-/m0/s1. The van der Waals surface area contributed by atoms with Crippen LogP contribution in [0.2, 0.25) is 0 Å². The summed E-state index contributed by atoms with van der Waals surface area (Å²) in [6, 6.07) is 8.78. The van der Waals surface area contributed by atoms with E-state index in [2.05, 4.69) is 0 Å². The minimum atomic E-state index is -0.841. The molecular weight excluding hydrogens is 172 g/mol. The van der Waals surface area contributed by atoms with Crippen molar-refractivity contribution >= 4 is 0 Å². The van der Waals surface area contributed by atoms with Crippen molar-refractivity contribution in [2.45, 2.75) is 6.10 Å². The van der Waals surface area contributed by atoms with E-state index < -0.39 is 11.1 Å². The number of benzene rings is 1. The lowest BCUT2D eigenvalue weighted by Crippen LogP contribution is -2.26. The average molecular weight is 182 g/mol. The van der Waals surface area contributed by atoms with Gasteiger partial charge in [-0.2, -0.15) is 0 Å². The van der Waals surface area contributed by atoms with E-state index in [1.165, 1.54) is 0 Å². The maximum Gasteiger partial charge on any atom is 0.157 e. The lowest BCUT2D eigenvalue weighted by Gasteiger charge is -2.07. The molecule has 0 heterocycles. The minimum Gasteiger partial charge on any atom is -0.386 e. The van der Waals surface area contributed by atoms with Crippen LogP contribution in [-0.2, 0) is 0 Å². The third kappa shape index (κ3) is 3.08. The van der Waals surface area contributed by atoms with E-state index in [0.29, 0.717) is 5.56 Å². The number of aliphatic hydroxyl groups excluding tert-OH is 1. The van der Waals surface area contributed by atoms with Crippen molar-refractivity contribution in [1.29, 1.82) is 0 Å². The van der Waals surface area contributed by atoms with Crippen LogP contribution in [0.15, 0.2) is 30.3 Å². The summed E-state index contributed by atoms with van der Waals surface area (Å²) in [4.78, 5) is 9.92. The van der Waals surface area contributed by atoms with Crippen LogP contribution in [0.25, 0.3) is 0 Å². The van der Waals surface area contributed by atoms with E-state index in [0.717, 1.165) is 0 Å². The van der Waals surface area contributed by atoms with Gasteiger partial charge < -0.3 is 5.11 Å². The summed E-state index contributed by atoms with van der Waals surface area (Å²) in [6.45, 7) is -0.0863. The molecule has 2 N–H and O–H groups in total. The average Bonchev–Trinajstić information content (AvgIpc) is 2.15. The monoisotopic (exact) mass is 182 g/mol. The van der Waals surface area contributed by atoms with Gasteiger partial charge in [0.15, 0.2) is 5.03 Å². The van der Waals surface area contributed by atoms with Gasteiger partial charge in [0.25, 0.3) is 0 Å². The van der Waals surface area contributed by atoms with E-state index >= 15 is 0 Å². The predicted octanol–water partition coefficient (Wildman–Crippen LogP) is 0.501. The second-order valence-corrected chi connectivity index (χ2v) is 2.55. The molecule has 5 heteroatoms. The van der Waals surface area contributed by atoms with Crippen molar-refractivity contribution in [3.8, 4) is 0 Å². The zero-order valence-electron chi connectivity index (χ0n) is 6.88. The molecule has 0 saturated carbocycles. The Morgan fingerprint density at radius 3 is 2.62 bits per heavy atom. The molecule has 0 saturated heterocycles. The van der Waals surface area contributed by atoms with E-state index in [1.54, 1.807) is 24.3 Å². The summed E-state index contributed by atoms with van der Waals surface area (Å²) in [7, 11) is 0. The molecule has 0 spiro atoms. The Morgan fingerprint density at radius 1 is 1.46 bits per heavy atom. The van der Waals surface area contributed by atoms with Gasteiger partial charge in [-0.25, -0.2) is 10.1 Å². The molecule has 5 nitrogen and oxygen atoms in total. The second-order valence-electron chi connectivity index (χ2n) is 2.55. The zero-order chi connectivity index (χ0) is 9.68. The fraction of sp³-hybridized carbons (Fsp3) is 0.250. The molecule has 0 radical (unpaired) electrons. The molecule has 0 amide bonds. The van der Waals surface area contributed by atoms with Crippen molar-refractivity contribution in [1.82, 2.24) is 5.43 Å². The molecule has 0 aromatic heterocycles. The molecule has 0 bridgehead atoms. The fourth-order valence-corrected chi connectivity index (χ4v) is 0.954. The lowest BCUT2D eigenvalue weighted by atomic mass is 10.1. The SMILES string of the molecule is O=[N+]([O-])NC[C@H](O)c1ccccc1. The fourth-order valence-electron chi connectivity index (χ4n) is 0.954. The number of nitrogens with one attached hydrogen (secondary N) is 1. The van der Waals surface area contributed by atoms with Gasteiger partial charge in [-0.05, 0) is 5.56 Å². The molecule has 1 aromatic rings. The van der Waals surface area contributed by atoms with Crippen molar-refractivity contribution in [2.24, 2.45) is 0 Å². The van der Waals surface area contributed by atoms with Crippen LogP contribution in [0.4, 0.5) is 0 Å². The Bertz CT molecular complexity index is 276. The molecule has 0 aliphatic carbocycles. The minimum absolute atomic E-state index is 0.0863. The van der Waals surface area contributed by atoms with Crippen LogP contribution in [0, 0.1) is 10.1 Å². The van der Waals surface area contributed by atoms with Gasteiger partial charge in [0, 0.05) is 0 Å². The van der Waals surface area contributed by atoms with Crippen LogP contribution in [0.5, 0.6) is 0 Å². The van der Waals surface area contributed by atoms with Gasteiger partial charge in [0.2, 0.25) is 0 Å². The van der Waals surface area contributed by atoms with Gasteiger partial charge in [0.1, 0.15) is 12.6 Å². The predicted molar refractivity (Wildman–Crippen MR) is 46.4 cm³/mol. The van der Waals surface area contributed by atoms with Crippen LogP contribution >= 0.6 is 0 Å². The van der Waals surface area contributed by atoms with Gasteiger partial charge in [-0.3, -0.25) is 0 Å². The quantitative estimate of drug-likeness (QED) is 0.525. The highest BCUT2D eigenvalue weighted by Crippen LogP contribution is 2.09. The number of rotatable bonds is 4. The molecule has 0 aliphatic rings. The van der Waals surface area contributed by atoms with Crippen molar-refractivity contribution in [3.05, 3.63) is 46.0 Å². The topological polar surface area (TPSA) is 75.4 Å². The second kappa shape index (κ2) is 4.42. The van der Waals surface area contributed by atoms with Crippen LogP contribution < -0.4 is 5.43 Å². The summed E-state index contributed by atoms with van der Waals surface area (Å²) >= 11 is 0. The summed E-state index contributed by atoms with van der Waals surface area (Å²) in [5.41, 5.74) is 2.58. The number of nitro groups is 1. The summed E-state index contributed by atoms with van der Waals surface area (Å²) < 4.78 is 0. The number of nitrogens with zero attached hydrogens (tertiary/aromatic N) is 1.